The summed E-state index contributed by atoms with van der Waals surface area (Å²) < 4.78 is 0. The van der Waals surface area contributed by atoms with Gasteiger partial charge in [-0.2, -0.15) is 5.01 Å². The first kappa shape index (κ1) is 13.4. The Bertz CT molecular complexity index is 753. The van der Waals surface area contributed by atoms with Crippen LogP contribution in [0.1, 0.15) is 32.1 Å². The third-order valence-electron chi connectivity index (χ3n) is 4.35. The van der Waals surface area contributed by atoms with Gasteiger partial charge >= 0.3 is 6.03 Å². The SMILES string of the molecule is O=C1NC2(CCCCC2)C(=O)N1Nc1ncnc2sccc12. The lowest BCUT2D eigenvalue weighted by molar-refractivity contribution is -0.131. The number of urea groups is 1. The van der Waals surface area contributed by atoms with E-state index in [1.54, 1.807) is 0 Å². The molecule has 114 valence electrons. The van der Waals surface area contributed by atoms with Gasteiger partial charge in [0.05, 0.1) is 5.39 Å². The molecule has 2 aliphatic rings. The van der Waals surface area contributed by atoms with E-state index in [0.29, 0.717) is 18.7 Å². The van der Waals surface area contributed by atoms with Crippen molar-refractivity contribution in [1.29, 1.82) is 0 Å². The molecule has 2 aromatic heterocycles. The van der Waals surface area contributed by atoms with Gasteiger partial charge in [-0.05, 0) is 24.3 Å². The van der Waals surface area contributed by atoms with Crippen molar-refractivity contribution in [2.24, 2.45) is 0 Å². The number of aromatic nitrogens is 2. The van der Waals surface area contributed by atoms with E-state index in [2.05, 4.69) is 20.7 Å². The highest BCUT2D eigenvalue weighted by atomic mass is 32.1. The predicted octanol–water partition coefficient (Wildman–Crippen LogP) is 2.27. The molecule has 0 radical (unpaired) electrons. The molecule has 1 saturated heterocycles. The number of hydrazine groups is 1. The van der Waals surface area contributed by atoms with Crippen LogP contribution in [0.5, 0.6) is 0 Å². The first-order valence-electron chi connectivity index (χ1n) is 7.31. The molecule has 0 atom stereocenters. The summed E-state index contributed by atoms with van der Waals surface area (Å²) in [6, 6.07) is 1.46. The van der Waals surface area contributed by atoms with Gasteiger partial charge in [-0.25, -0.2) is 14.8 Å². The van der Waals surface area contributed by atoms with Gasteiger partial charge in [-0.3, -0.25) is 10.2 Å². The van der Waals surface area contributed by atoms with Crippen LogP contribution in [0.4, 0.5) is 10.6 Å². The molecular weight excluding hydrogens is 302 g/mol. The Balaban J connectivity index is 1.64. The first-order valence-corrected chi connectivity index (χ1v) is 8.19. The highest BCUT2D eigenvalue weighted by Gasteiger charge is 2.51. The van der Waals surface area contributed by atoms with Gasteiger partial charge < -0.3 is 5.32 Å². The number of imide groups is 1. The minimum Gasteiger partial charge on any atom is -0.322 e. The Kier molecular flexibility index (Phi) is 3.00. The Hall–Kier alpha value is -2.22. The van der Waals surface area contributed by atoms with Crippen molar-refractivity contribution in [2.75, 3.05) is 5.43 Å². The van der Waals surface area contributed by atoms with Crippen molar-refractivity contribution in [1.82, 2.24) is 20.3 Å². The largest absolute Gasteiger partial charge is 0.344 e. The van der Waals surface area contributed by atoms with Gasteiger partial charge in [0, 0.05) is 0 Å². The molecule has 8 heteroatoms. The fourth-order valence-electron chi connectivity index (χ4n) is 3.20. The third kappa shape index (κ3) is 1.94. The number of nitrogens with one attached hydrogen (secondary N) is 2. The molecule has 7 nitrogen and oxygen atoms in total. The zero-order chi connectivity index (χ0) is 15.2. The monoisotopic (exact) mass is 317 g/mol. The maximum absolute atomic E-state index is 12.7. The molecule has 0 aromatic carbocycles. The summed E-state index contributed by atoms with van der Waals surface area (Å²) in [6.07, 6.45) is 5.86. The lowest BCUT2D eigenvalue weighted by atomic mass is 9.82. The molecule has 1 aliphatic heterocycles. The van der Waals surface area contributed by atoms with Crippen LogP contribution in [-0.4, -0.2) is 32.5 Å². The summed E-state index contributed by atoms with van der Waals surface area (Å²) >= 11 is 1.49. The number of carbonyl (C=O) groups is 2. The van der Waals surface area contributed by atoms with Crippen LogP contribution in [0, 0.1) is 0 Å². The van der Waals surface area contributed by atoms with Crippen LogP contribution in [0.2, 0.25) is 0 Å². The molecule has 3 amide bonds. The summed E-state index contributed by atoms with van der Waals surface area (Å²) in [6.45, 7) is 0. The van der Waals surface area contributed by atoms with Gasteiger partial charge in [0.2, 0.25) is 0 Å². The summed E-state index contributed by atoms with van der Waals surface area (Å²) in [5, 5.41) is 6.63. The number of anilines is 1. The second-order valence-corrected chi connectivity index (χ2v) is 6.58. The van der Waals surface area contributed by atoms with E-state index < -0.39 is 11.6 Å². The fraction of sp³-hybridized carbons (Fsp3) is 0.429. The first-order chi connectivity index (χ1) is 10.7. The number of thiophene rings is 1. The van der Waals surface area contributed by atoms with Crippen LogP contribution in [0.3, 0.4) is 0 Å². The van der Waals surface area contributed by atoms with Crippen LogP contribution >= 0.6 is 11.3 Å². The minimum atomic E-state index is -0.733. The third-order valence-corrected chi connectivity index (χ3v) is 5.17. The number of nitrogens with zero attached hydrogens (tertiary/aromatic N) is 3. The molecule has 2 N–H and O–H groups in total. The van der Waals surface area contributed by atoms with E-state index in [0.717, 1.165) is 34.5 Å². The Morgan fingerprint density at radius 1 is 1.23 bits per heavy atom. The van der Waals surface area contributed by atoms with E-state index >= 15 is 0 Å². The Labute approximate surface area is 130 Å². The average Bonchev–Trinajstić information content (AvgIpc) is 3.08. The van der Waals surface area contributed by atoms with Crippen LogP contribution < -0.4 is 10.7 Å². The van der Waals surface area contributed by atoms with Crippen LogP contribution in [0.25, 0.3) is 10.2 Å². The quantitative estimate of drug-likeness (QED) is 0.830. The predicted molar refractivity (Wildman–Crippen MR) is 82.2 cm³/mol. The number of rotatable bonds is 2. The summed E-state index contributed by atoms with van der Waals surface area (Å²) in [5.41, 5.74) is 2.14. The van der Waals surface area contributed by atoms with Crippen LogP contribution in [0.15, 0.2) is 17.8 Å². The van der Waals surface area contributed by atoms with E-state index in [-0.39, 0.29) is 5.91 Å². The summed E-state index contributed by atoms with van der Waals surface area (Å²) in [4.78, 5) is 34.1. The van der Waals surface area contributed by atoms with Crippen molar-refractivity contribution < 1.29 is 9.59 Å². The number of hydrogen-bond donors (Lipinski definition) is 2. The van der Waals surface area contributed by atoms with Crippen molar-refractivity contribution >= 4 is 39.3 Å². The fourth-order valence-corrected chi connectivity index (χ4v) is 3.93. The van der Waals surface area contributed by atoms with Gasteiger partial charge in [0.1, 0.15) is 16.7 Å². The second-order valence-electron chi connectivity index (χ2n) is 5.69. The van der Waals surface area contributed by atoms with Crippen molar-refractivity contribution in [3.63, 3.8) is 0 Å². The maximum Gasteiger partial charge on any atom is 0.344 e. The zero-order valence-electron chi connectivity index (χ0n) is 11.8. The lowest BCUT2D eigenvalue weighted by Gasteiger charge is -2.30. The number of fused-ring (bicyclic) bond motifs is 1. The topological polar surface area (TPSA) is 87.2 Å². The average molecular weight is 317 g/mol. The number of amides is 3. The van der Waals surface area contributed by atoms with Gasteiger partial charge in [0.15, 0.2) is 5.82 Å². The van der Waals surface area contributed by atoms with Gasteiger partial charge in [-0.1, -0.05) is 19.3 Å². The second kappa shape index (κ2) is 4.91. The number of hydrogen-bond acceptors (Lipinski definition) is 6. The molecule has 2 fully saturated rings. The van der Waals surface area contributed by atoms with Gasteiger partial charge in [-0.15, -0.1) is 11.3 Å². The molecule has 2 aromatic rings. The standard InChI is InChI=1S/C14H15N5O2S/c20-12-14(5-2-1-3-6-14)17-13(21)19(12)18-10-9-4-7-22-11(9)16-8-15-10/h4,7-8H,1-3,5-6H2,(H,17,21)(H,15,16,18). The maximum atomic E-state index is 12.7. The molecular formula is C14H15N5O2S. The van der Waals surface area contributed by atoms with E-state index in [9.17, 15) is 9.59 Å². The lowest BCUT2D eigenvalue weighted by Crippen LogP contribution is -2.48. The highest BCUT2D eigenvalue weighted by Crippen LogP contribution is 2.34. The normalized spacial score (nSPS) is 20.6. The van der Waals surface area contributed by atoms with E-state index in [1.165, 1.54) is 17.7 Å². The zero-order valence-corrected chi connectivity index (χ0v) is 12.7. The van der Waals surface area contributed by atoms with E-state index in [4.69, 9.17) is 0 Å². The molecule has 22 heavy (non-hydrogen) atoms. The molecule has 3 heterocycles. The molecule has 0 bridgehead atoms. The molecule has 4 rings (SSSR count). The van der Waals surface area contributed by atoms with Crippen molar-refractivity contribution in [3.05, 3.63) is 17.8 Å². The number of carbonyl (C=O) groups excluding carboxylic acids is 2. The summed E-state index contributed by atoms with van der Waals surface area (Å²) in [5.74, 6) is 0.266. The van der Waals surface area contributed by atoms with Gasteiger partial charge in [0.25, 0.3) is 5.91 Å². The highest BCUT2D eigenvalue weighted by molar-refractivity contribution is 7.16. The van der Waals surface area contributed by atoms with E-state index in [1.807, 2.05) is 11.4 Å². The van der Waals surface area contributed by atoms with Crippen LogP contribution in [-0.2, 0) is 4.79 Å². The molecule has 1 aliphatic carbocycles. The van der Waals surface area contributed by atoms with Crippen molar-refractivity contribution in [3.8, 4) is 0 Å². The minimum absolute atomic E-state index is 0.209. The molecule has 0 unspecified atom stereocenters. The summed E-state index contributed by atoms with van der Waals surface area (Å²) in [7, 11) is 0. The molecule has 1 saturated carbocycles. The van der Waals surface area contributed by atoms with Crippen molar-refractivity contribution in [2.45, 2.75) is 37.6 Å². The Morgan fingerprint density at radius 2 is 2.05 bits per heavy atom. The molecule has 1 spiro atoms. The smallest absolute Gasteiger partial charge is 0.322 e. The Morgan fingerprint density at radius 3 is 2.86 bits per heavy atom.